The van der Waals surface area contributed by atoms with Crippen LogP contribution in [-0.4, -0.2) is 67.5 Å². The molecule has 0 aromatic heterocycles. The van der Waals surface area contributed by atoms with Gasteiger partial charge in [-0.3, -0.25) is 29.4 Å². The molecule has 3 N–H and O–H groups in total. The number of piperidine rings is 1. The van der Waals surface area contributed by atoms with Crippen LogP contribution in [0.4, 0.5) is 0 Å². The third-order valence-electron chi connectivity index (χ3n) is 4.92. The van der Waals surface area contributed by atoms with Gasteiger partial charge in [-0.15, -0.1) is 12.4 Å². The first-order valence-corrected chi connectivity index (χ1v) is 9.73. The predicted octanol–water partition coefficient (Wildman–Crippen LogP) is 0.434. The van der Waals surface area contributed by atoms with Gasteiger partial charge in [-0.2, -0.15) is 0 Å². The number of hydrogen-bond acceptors (Lipinski definition) is 7. The fourth-order valence-corrected chi connectivity index (χ4v) is 3.56. The number of carbonyl (C=O) groups excluding carboxylic acids is 4. The van der Waals surface area contributed by atoms with Crippen LogP contribution in [0.1, 0.15) is 45.5 Å². The number of imide groups is 2. The maximum Gasteiger partial charge on any atom is 0.262 e. The number of nitrogens with zero attached hydrogens (tertiary/aromatic N) is 1. The highest BCUT2D eigenvalue weighted by atomic mass is 35.5. The van der Waals surface area contributed by atoms with Gasteiger partial charge in [0.25, 0.3) is 11.8 Å². The first-order valence-electron chi connectivity index (χ1n) is 9.73. The zero-order chi connectivity index (χ0) is 20.8. The molecule has 10 heteroatoms. The summed E-state index contributed by atoms with van der Waals surface area (Å²) >= 11 is 0. The minimum absolute atomic E-state index is 0. The van der Waals surface area contributed by atoms with E-state index in [9.17, 15) is 19.2 Å². The zero-order valence-electron chi connectivity index (χ0n) is 16.6. The van der Waals surface area contributed by atoms with Crippen LogP contribution in [0.25, 0.3) is 0 Å². The Bertz CT molecular complexity index is 816. The van der Waals surface area contributed by atoms with Crippen molar-refractivity contribution in [2.75, 3.05) is 33.0 Å². The number of rotatable bonds is 10. The SMILES string of the molecule is Cl.NCCOCCOCCCc1cccc2c1C(=O)N(C1CCC(=O)NC1=O)C2=O. The number of hydrogen-bond donors (Lipinski definition) is 2. The van der Waals surface area contributed by atoms with Crippen molar-refractivity contribution in [1.29, 1.82) is 0 Å². The summed E-state index contributed by atoms with van der Waals surface area (Å²) in [4.78, 5) is 50.3. The number of aryl methyl sites for hydroxylation is 1. The Labute approximate surface area is 180 Å². The quantitative estimate of drug-likeness (QED) is 0.399. The number of nitrogens with two attached hydrogens (primary N) is 1. The average molecular weight is 440 g/mol. The Morgan fingerprint density at radius 3 is 2.47 bits per heavy atom. The van der Waals surface area contributed by atoms with E-state index in [2.05, 4.69) is 5.32 Å². The van der Waals surface area contributed by atoms with Crippen LogP contribution in [0.3, 0.4) is 0 Å². The summed E-state index contributed by atoms with van der Waals surface area (Å²) < 4.78 is 10.7. The van der Waals surface area contributed by atoms with Crippen LogP contribution in [-0.2, 0) is 25.5 Å². The molecule has 0 radical (unpaired) electrons. The van der Waals surface area contributed by atoms with Gasteiger partial charge < -0.3 is 15.2 Å². The van der Waals surface area contributed by atoms with Gasteiger partial charge >= 0.3 is 0 Å². The molecule has 1 unspecified atom stereocenters. The Morgan fingerprint density at radius 2 is 1.77 bits per heavy atom. The first-order chi connectivity index (χ1) is 14.0. The lowest BCUT2D eigenvalue weighted by molar-refractivity contribution is -0.136. The number of carbonyl (C=O) groups is 4. The Balaban J connectivity index is 0.00000320. The molecule has 0 spiro atoms. The first kappa shape index (κ1) is 23.9. The monoisotopic (exact) mass is 439 g/mol. The van der Waals surface area contributed by atoms with E-state index >= 15 is 0 Å². The molecule has 0 aliphatic carbocycles. The minimum atomic E-state index is -0.954. The maximum absolute atomic E-state index is 13.0. The number of fused-ring (bicyclic) bond motifs is 1. The number of ether oxygens (including phenoxy) is 2. The lowest BCUT2D eigenvalue weighted by Crippen LogP contribution is -2.54. The summed E-state index contributed by atoms with van der Waals surface area (Å²) in [5, 5.41) is 2.20. The molecular weight excluding hydrogens is 414 g/mol. The van der Waals surface area contributed by atoms with Crippen LogP contribution >= 0.6 is 12.4 Å². The van der Waals surface area contributed by atoms with Gasteiger partial charge in [0, 0.05) is 19.6 Å². The van der Waals surface area contributed by atoms with E-state index in [0.29, 0.717) is 56.9 Å². The number of amides is 4. The predicted molar refractivity (Wildman–Crippen MR) is 109 cm³/mol. The maximum atomic E-state index is 13.0. The highest BCUT2D eigenvalue weighted by Gasteiger charge is 2.45. The van der Waals surface area contributed by atoms with Gasteiger partial charge in [0.05, 0.1) is 30.9 Å². The van der Waals surface area contributed by atoms with E-state index in [1.807, 2.05) is 6.07 Å². The topological polar surface area (TPSA) is 128 Å². The third-order valence-corrected chi connectivity index (χ3v) is 4.92. The lowest BCUT2D eigenvalue weighted by atomic mass is 9.99. The van der Waals surface area contributed by atoms with Crippen molar-refractivity contribution in [2.45, 2.75) is 31.7 Å². The smallest absolute Gasteiger partial charge is 0.262 e. The molecule has 164 valence electrons. The molecule has 0 bridgehead atoms. The Morgan fingerprint density at radius 1 is 1.03 bits per heavy atom. The largest absolute Gasteiger partial charge is 0.379 e. The Hall–Kier alpha value is -2.33. The fraction of sp³-hybridized carbons (Fsp3) is 0.500. The second-order valence-corrected chi connectivity index (χ2v) is 6.90. The lowest BCUT2D eigenvalue weighted by Gasteiger charge is -2.27. The molecule has 1 saturated heterocycles. The molecular formula is C20H26ClN3O6. The summed E-state index contributed by atoms with van der Waals surface area (Å²) in [5.74, 6) is -1.97. The second-order valence-electron chi connectivity index (χ2n) is 6.90. The molecule has 30 heavy (non-hydrogen) atoms. The molecule has 1 atom stereocenters. The van der Waals surface area contributed by atoms with Crippen LogP contribution in [0.15, 0.2) is 18.2 Å². The van der Waals surface area contributed by atoms with E-state index in [-0.39, 0.29) is 25.2 Å². The van der Waals surface area contributed by atoms with E-state index in [0.717, 1.165) is 10.5 Å². The number of nitrogens with one attached hydrogen (secondary N) is 1. The van der Waals surface area contributed by atoms with Crippen LogP contribution in [0.5, 0.6) is 0 Å². The van der Waals surface area contributed by atoms with Gasteiger partial charge in [0.2, 0.25) is 11.8 Å². The summed E-state index contributed by atoms with van der Waals surface area (Å²) in [6, 6.07) is 4.18. The molecule has 2 aliphatic rings. The van der Waals surface area contributed by atoms with Crippen molar-refractivity contribution in [3.05, 3.63) is 34.9 Å². The second kappa shape index (κ2) is 11.2. The van der Waals surface area contributed by atoms with Gasteiger partial charge in [-0.05, 0) is 30.9 Å². The van der Waals surface area contributed by atoms with Gasteiger partial charge in [0.15, 0.2) is 0 Å². The molecule has 2 heterocycles. The van der Waals surface area contributed by atoms with Crippen LogP contribution < -0.4 is 11.1 Å². The van der Waals surface area contributed by atoms with Crippen molar-refractivity contribution in [2.24, 2.45) is 5.73 Å². The number of halogens is 1. The van der Waals surface area contributed by atoms with Crippen LogP contribution in [0.2, 0.25) is 0 Å². The van der Waals surface area contributed by atoms with E-state index < -0.39 is 29.7 Å². The van der Waals surface area contributed by atoms with Crippen LogP contribution in [0, 0.1) is 0 Å². The standard InChI is InChI=1S/C20H25N3O6.ClH/c21-8-10-29-12-11-28-9-2-4-13-3-1-5-14-17(13)20(27)23(19(14)26)15-6-7-16(24)22-18(15)25;/h1,3,5,15H,2,4,6-12,21H2,(H,22,24,25);1H. The summed E-state index contributed by atoms with van der Waals surface area (Å²) in [6.07, 6.45) is 1.48. The third kappa shape index (κ3) is 5.23. The number of benzene rings is 1. The van der Waals surface area contributed by atoms with Crippen molar-refractivity contribution in [1.82, 2.24) is 10.2 Å². The molecule has 1 aromatic rings. The van der Waals surface area contributed by atoms with Gasteiger partial charge in [-0.25, -0.2) is 0 Å². The van der Waals surface area contributed by atoms with Crippen molar-refractivity contribution >= 4 is 36.0 Å². The van der Waals surface area contributed by atoms with Crippen molar-refractivity contribution in [3.8, 4) is 0 Å². The normalized spacial score (nSPS) is 18.3. The molecule has 1 fully saturated rings. The molecule has 1 aromatic carbocycles. The molecule has 9 nitrogen and oxygen atoms in total. The average Bonchev–Trinajstić information content (AvgIpc) is 2.95. The van der Waals surface area contributed by atoms with Gasteiger partial charge in [0.1, 0.15) is 6.04 Å². The Kier molecular flexibility index (Phi) is 8.91. The van der Waals surface area contributed by atoms with E-state index in [1.54, 1.807) is 12.1 Å². The summed E-state index contributed by atoms with van der Waals surface area (Å²) in [6.45, 7) is 2.41. The van der Waals surface area contributed by atoms with Crippen molar-refractivity contribution in [3.63, 3.8) is 0 Å². The van der Waals surface area contributed by atoms with E-state index in [4.69, 9.17) is 15.2 Å². The summed E-state index contributed by atoms with van der Waals surface area (Å²) in [5.41, 5.74) is 6.72. The minimum Gasteiger partial charge on any atom is -0.379 e. The zero-order valence-corrected chi connectivity index (χ0v) is 17.4. The molecule has 0 saturated carbocycles. The van der Waals surface area contributed by atoms with Crippen molar-refractivity contribution < 1.29 is 28.7 Å². The molecule has 3 rings (SSSR count). The van der Waals surface area contributed by atoms with Gasteiger partial charge in [-0.1, -0.05) is 12.1 Å². The molecule has 2 aliphatic heterocycles. The summed E-state index contributed by atoms with van der Waals surface area (Å²) in [7, 11) is 0. The van der Waals surface area contributed by atoms with E-state index in [1.165, 1.54) is 0 Å². The highest BCUT2D eigenvalue weighted by molar-refractivity contribution is 6.24. The molecule has 4 amide bonds. The highest BCUT2D eigenvalue weighted by Crippen LogP contribution is 2.30. The fourth-order valence-electron chi connectivity index (χ4n) is 3.56.